The number of ketones is 1. The third kappa shape index (κ3) is 3.81. The van der Waals surface area contributed by atoms with Crippen LogP contribution in [0.3, 0.4) is 0 Å². The third-order valence-electron chi connectivity index (χ3n) is 3.92. The van der Waals surface area contributed by atoms with Gasteiger partial charge in [0.1, 0.15) is 0 Å². The molecule has 0 aliphatic carbocycles. The molecule has 128 valence electrons. The van der Waals surface area contributed by atoms with Gasteiger partial charge in [-0.25, -0.2) is 0 Å². The Hall–Kier alpha value is 0.610. The lowest BCUT2D eigenvalue weighted by atomic mass is 9.92. The van der Waals surface area contributed by atoms with Crippen LogP contribution < -0.4 is 0 Å². The van der Waals surface area contributed by atoms with E-state index in [0.29, 0.717) is 40.8 Å². The van der Waals surface area contributed by atoms with Gasteiger partial charge < -0.3 is 0 Å². The van der Waals surface area contributed by atoms with Crippen molar-refractivity contribution in [2.24, 2.45) is 0 Å². The zero-order valence-corrected chi connectivity index (χ0v) is 20.6. The summed E-state index contributed by atoms with van der Waals surface area (Å²) >= 11 is 26.4. The van der Waals surface area contributed by atoms with Gasteiger partial charge in [0.15, 0.2) is 5.78 Å². The number of rotatable bonds is 4. The molecule has 0 aliphatic rings. The van der Waals surface area contributed by atoms with Crippen molar-refractivity contribution in [3.8, 4) is 0 Å². The summed E-state index contributed by atoms with van der Waals surface area (Å²) < 4.78 is 1.20. The van der Waals surface area contributed by atoms with E-state index in [0.717, 1.165) is 22.3 Å². The highest BCUT2D eigenvalue weighted by atomic mass is 79.9. The Labute approximate surface area is 185 Å². The average Bonchev–Trinajstić information content (AvgIpc) is 2.54. The maximum absolute atomic E-state index is 13.4. The van der Waals surface area contributed by atoms with Gasteiger partial charge in [0.05, 0.1) is 10.0 Å². The maximum Gasteiger partial charge on any atom is 0.195 e. The Bertz CT molecular complexity index is 767. The van der Waals surface area contributed by atoms with Crippen LogP contribution in [0.15, 0.2) is 21.1 Å². The van der Waals surface area contributed by atoms with Gasteiger partial charge in [0, 0.05) is 30.7 Å². The predicted octanol–water partition coefficient (Wildman–Crippen LogP) is 8.16. The smallest absolute Gasteiger partial charge is 0.195 e. The largest absolute Gasteiger partial charge is 0.289 e. The minimum absolute atomic E-state index is 0.113. The lowest BCUT2D eigenvalue weighted by Gasteiger charge is -2.17. The summed E-state index contributed by atoms with van der Waals surface area (Å²) in [5, 5.41) is 2.26. The summed E-state index contributed by atoms with van der Waals surface area (Å²) in [4.78, 5) is 13.4. The first-order valence-electron chi connectivity index (χ1n) is 6.86. The van der Waals surface area contributed by atoms with Crippen LogP contribution in [0.4, 0.5) is 0 Å². The molecule has 0 aliphatic heterocycles. The molecule has 0 aromatic heterocycles. The van der Waals surface area contributed by atoms with Gasteiger partial charge in [-0.15, -0.1) is 0 Å². The molecule has 0 N–H and O–H groups in total. The Balaban J connectivity index is 2.80. The standard InChI is InChI=1S/C17H12Br4Cl2O/c1-7-9(5-18)3-11(22)15(20)13(7)17(24)14-8(2)10(6-19)4-12(23)16(14)21/h3-4H,5-6H2,1-2H3. The number of carbonyl (C=O) groups excluding carboxylic acids is 1. The highest BCUT2D eigenvalue weighted by molar-refractivity contribution is 9.11. The van der Waals surface area contributed by atoms with Crippen molar-refractivity contribution in [3.63, 3.8) is 0 Å². The Morgan fingerprint density at radius 2 is 1.21 bits per heavy atom. The van der Waals surface area contributed by atoms with E-state index in [1.807, 2.05) is 26.0 Å². The number of hydrogen-bond acceptors (Lipinski definition) is 1. The van der Waals surface area contributed by atoms with Crippen LogP contribution in [-0.2, 0) is 10.7 Å². The normalized spacial score (nSPS) is 11.0. The van der Waals surface area contributed by atoms with Crippen LogP contribution in [0.25, 0.3) is 0 Å². The molecule has 0 bridgehead atoms. The van der Waals surface area contributed by atoms with E-state index in [-0.39, 0.29) is 5.78 Å². The van der Waals surface area contributed by atoms with Crippen molar-refractivity contribution in [2.45, 2.75) is 24.5 Å². The minimum atomic E-state index is -0.113. The van der Waals surface area contributed by atoms with E-state index in [2.05, 4.69) is 63.7 Å². The molecule has 0 atom stereocenters. The van der Waals surface area contributed by atoms with Crippen LogP contribution in [0.2, 0.25) is 10.0 Å². The van der Waals surface area contributed by atoms with Gasteiger partial charge in [-0.05, 0) is 80.1 Å². The number of halogens is 6. The summed E-state index contributed by atoms with van der Waals surface area (Å²) in [6.45, 7) is 3.84. The Morgan fingerprint density at radius 3 is 1.50 bits per heavy atom. The highest BCUT2D eigenvalue weighted by Gasteiger charge is 2.25. The topological polar surface area (TPSA) is 17.1 Å². The summed E-state index contributed by atoms with van der Waals surface area (Å²) in [6.07, 6.45) is 0. The van der Waals surface area contributed by atoms with Crippen LogP contribution in [0.1, 0.15) is 38.2 Å². The molecule has 2 rings (SSSR count). The Morgan fingerprint density at radius 1 is 0.875 bits per heavy atom. The van der Waals surface area contributed by atoms with E-state index < -0.39 is 0 Å². The van der Waals surface area contributed by atoms with Gasteiger partial charge in [0.25, 0.3) is 0 Å². The first kappa shape index (κ1) is 20.9. The molecule has 2 aromatic rings. The van der Waals surface area contributed by atoms with Crippen molar-refractivity contribution in [1.82, 2.24) is 0 Å². The SMILES string of the molecule is Cc1c(CBr)cc(Cl)c(Br)c1C(=O)c1c(C)c(CBr)cc(Cl)c1Br. The van der Waals surface area contributed by atoms with E-state index in [9.17, 15) is 4.79 Å². The lowest BCUT2D eigenvalue weighted by Crippen LogP contribution is -2.11. The maximum atomic E-state index is 13.4. The Kier molecular flexibility index (Phi) is 7.44. The van der Waals surface area contributed by atoms with E-state index in [4.69, 9.17) is 23.2 Å². The monoisotopic (exact) mass is 618 g/mol. The summed E-state index contributed by atoms with van der Waals surface area (Å²) in [5.41, 5.74) is 4.85. The van der Waals surface area contributed by atoms with Crippen LogP contribution >= 0.6 is 86.9 Å². The number of alkyl halides is 2. The van der Waals surface area contributed by atoms with Gasteiger partial charge in [-0.1, -0.05) is 55.1 Å². The zero-order chi connectivity index (χ0) is 18.2. The van der Waals surface area contributed by atoms with Crippen LogP contribution in [0, 0.1) is 13.8 Å². The summed E-state index contributed by atoms with van der Waals surface area (Å²) in [5.74, 6) is -0.113. The van der Waals surface area contributed by atoms with Gasteiger partial charge in [-0.3, -0.25) is 4.79 Å². The fraction of sp³-hybridized carbons (Fsp3) is 0.235. The summed E-state index contributed by atoms with van der Waals surface area (Å²) in [6, 6.07) is 3.71. The molecule has 2 aromatic carbocycles. The van der Waals surface area contributed by atoms with Crippen molar-refractivity contribution in [1.29, 1.82) is 0 Å². The quantitative estimate of drug-likeness (QED) is 0.249. The lowest BCUT2D eigenvalue weighted by molar-refractivity contribution is 0.103. The molecule has 0 spiro atoms. The molecule has 0 amide bonds. The molecule has 0 heterocycles. The van der Waals surface area contributed by atoms with Crippen molar-refractivity contribution in [3.05, 3.63) is 64.5 Å². The van der Waals surface area contributed by atoms with E-state index in [1.165, 1.54) is 0 Å². The molecule has 0 saturated carbocycles. The third-order valence-corrected chi connectivity index (χ3v) is 7.82. The van der Waals surface area contributed by atoms with Gasteiger partial charge in [0.2, 0.25) is 0 Å². The fourth-order valence-electron chi connectivity index (χ4n) is 2.48. The minimum Gasteiger partial charge on any atom is -0.289 e. The molecular formula is C17H12Br4Cl2O. The van der Waals surface area contributed by atoms with Crippen molar-refractivity contribution >= 4 is 92.7 Å². The van der Waals surface area contributed by atoms with Gasteiger partial charge in [-0.2, -0.15) is 0 Å². The van der Waals surface area contributed by atoms with Gasteiger partial charge >= 0.3 is 0 Å². The molecule has 0 radical (unpaired) electrons. The van der Waals surface area contributed by atoms with Crippen LogP contribution in [-0.4, -0.2) is 5.78 Å². The van der Waals surface area contributed by atoms with Crippen molar-refractivity contribution in [2.75, 3.05) is 0 Å². The average molecular weight is 623 g/mol. The number of hydrogen-bond donors (Lipinski definition) is 0. The molecule has 0 unspecified atom stereocenters. The molecule has 24 heavy (non-hydrogen) atoms. The highest BCUT2D eigenvalue weighted by Crippen LogP contribution is 2.38. The second-order valence-electron chi connectivity index (χ2n) is 5.26. The number of carbonyl (C=O) groups is 1. The molecular weight excluding hydrogens is 611 g/mol. The first-order valence-corrected chi connectivity index (χ1v) is 11.4. The van der Waals surface area contributed by atoms with Crippen LogP contribution in [0.5, 0.6) is 0 Å². The predicted molar refractivity (Wildman–Crippen MR) is 116 cm³/mol. The fourth-order valence-corrected chi connectivity index (χ4v) is 5.28. The summed E-state index contributed by atoms with van der Waals surface area (Å²) in [7, 11) is 0. The van der Waals surface area contributed by atoms with E-state index >= 15 is 0 Å². The van der Waals surface area contributed by atoms with E-state index in [1.54, 1.807) is 0 Å². The number of benzene rings is 2. The second kappa shape index (κ2) is 8.53. The molecule has 0 saturated heterocycles. The molecule has 1 nitrogen and oxygen atoms in total. The van der Waals surface area contributed by atoms with Crippen molar-refractivity contribution < 1.29 is 4.79 Å². The first-order chi connectivity index (χ1) is 11.2. The molecule has 7 heteroatoms. The zero-order valence-electron chi connectivity index (χ0n) is 12.7. The second-order valence-corrected chi connectivity index (χ2v) is 8.78. The molecule has 0 fully saturated rings.